The summed E-state index contributed by atoms with van der Waals surface area (Å²) in [7, 11) is 1.84. The molecule has 0 radical (unpaired) electrons. The van der Waals surface area contributed by atoms with Crippen LogP contribution in [-0.4, -0.2) is 98.7 Å². The average Bonchev–Trinajstić information content (AvgIpc) is 3.24. The fraction of sp³-hybridized carbons (Fsp3) is 0.900. The molecular weight excluding hydrogens is 342 g/mol. The number of piperazine rings is 1. The standard InChI is InChI=1S/C20H39N5O2/c1-4-5-16-27-17-8-9-22-20(21-3)25-14-12-23(13-15-25)18(2)19(26)24-10-6-7-11-24/h18H,4-17H2,1-3H3,(H,21,22). The van der Waals surface area contributed by atoms with Crippen LogP contribution in [0.5, 0.6) is 0 Å². The fourth-order valence-electron chi connectivity index (χ4n) is 3.73. The highest BCUT2D eigenvalue weighted by atomic mass is 16.5. The van der Waals surface area contributed by atoms with Crippen LogP contribution in [0.2, 0.25) is 0 Å². The number of guanidine groups is 1. The summed E-state index contributed by atoms with van der Waals surface area (Å²) in [4.78, 5) is 23.7. The van der Waals surface area contributed by atoms with Crippen LogP contribution in [0, 0.1) is 0 Å². The SMILES string of the molecule is CCCCOCCCNC(=NC)N1CCN(C(C)C(=O)N2CCCC2)CC1. The van der Waals surface area contributed by atoms with Gasteiger partial charge in [-0.15, -0.1) is 0 Å². The van der Waals surface area contributed by atoms with Crippen LogP contribution in [0.15, 0.2) is 4.99 Å². The molecule has 0 spiro atoms. The maximum atomic E-state index is 12.6. The highest BCUT2D eigenvalue weighted by Gasteiger charge is 2.30. The zero-order valence-corrected chi connectivity index (χ0v) is 17.6. The van der Waals surface area contributed by atoms with Gasteiger partial charge in [0.2, 0.25) is 5.91 Å². The maximum Gasteiger partial charge on any atom is 0.239 e. The Hall–Kier alpha value is -1.34. The summed E-state index contributed by atoms with van der Waals surface area (Å²) in [6.45, 7) is 12.3. The molecular formula is C20H39N5O2. The van der Waals surface area contributed by atoms with E-state index >= 15 is 0 Å². The normalized spacial score (nSPS) is 20.2. The van der Waals surface area contributed by atoms with Crippen molar-refractivity contribution in [3.8, 4) is 0 Å². The number of rotatable bonds is 9. The Bertz CT molecular complexity index is 457. The number of likely N-dealkylation sites (tertiary alicyclic amines) is 1. The number of unbranched alkanes of at least 4 members (excludes halogenated alkanes) is 1. The minimum atomic E-state index is -0.0134. The van der Waals surface area contributed by atoms with Crippen molar-refractivity contribution in [1.29, 1.82) is 0 Å². The third-order valence-electron chi connectivity index (χ3n) is 5.54. The number of hydrogen-bond acceptors (Lipinski definition) is 4. The van der Waals surface area contributed by atoms with Crippen LogP contribution < -0.4 is 5.32 Å². The van der Waals surface area contributed by atoms with Gasteiger partial charge in [-0.05, 0) is 32.6 Å². The van der Waals surface area contributed by atoms with Gasteiger partial charge in [-0.25, -0.2) is 0 Å². The summed E-state index contributed by atoms with van der Waals surface area (Å²) in [5.74, 6) is 1.26. The largest absolute Gasteiger partial charge is 0.381 e. The molecule has 0 saturated carbocycles. The van der Waals surface area contributed by atoms with E-state index < -0.39 is 0 Å². The van der Waals surface area contributed by atoms with Gasteiger partial charge in [-0.2, -0.15) is 0 Å². The van der Waals surface area contributed by atoms with E-state index in [4.69, 9.17) is 4.74 Å². The number of nitrogens with one attached hydrogen (secondary N) is 1. The first-order valence-corrected chi connectivity index (χ1v) is 10.7. The summed E-state index contributed by atoms with van der Waals surface area (Å²) in [6, 6.07) is -0.0134. The monoisotopic (exact) mass is 381 g/mol. The number of carbonyl (C=O) groups excluding carboxylic acids is 1. The molecule has 2 aliphatic heterocycles. The first kappa shape index (κ1) is 22.0. The molecule has 1 N–H and O–H groups in total. The van der Waals surface area contributed by atoms with Gasteiger partial charge in [0, 0.05) is 66.1 Å². The van der Waals surface area contributed by atoms with Crippen molar-refractivity contribution in [3.63, 3.8) is 0 Å². The van der Waals surface area contributed by atoms with Gasteiger partial charge in [0.25, 0.3) is 0 Å². The van der Waals surface area contributed by atoms with Gasteiger partial charge in [0.1, 0.15) is 0 Å². The fourth-order valence-corrected chi connectivity index (χ4v) is 3.73. The molecule has 0 aliphatic carbocycles. The molecule has 2 aliphatic rings. The number of amides is 1. The van der Waals surface area contributed by atoms with Crippen molar-refractivity contribution in [2.24, 2.45) is 4.99 Å². The van der Waals surface area contributed by atoms with Gasteiger partial charge in [-0.3, -0.25) is 14.7 Å². The Kier molecular flexibility index (Phi) is 9.91. The molecule has 0 aromatic rings. The lowest BCUT2D eigenvalue weighted by Crippen LogP contribution is -2.57. The summed E-state index contributed by atoms with van der Waals surface area (Å²) in [6.07, 6.45) is 5.61. The Morgan fingerprint density at radius 1 is 1.04 bits per heavy atom. The minimum Gasteiger partial charge on any atom is -0.381 e. The Labute approximate surface area is 165 Å². The van der Waals surface area contributed by atoms with Crippen LogP contribution >= 0.6 is 0 Å². The van der Waals surface area contributed by atoms with E-state index in [0.29, 0.717) is 5.91 Å². The van der Waals surface area contributed by atoms with E-state index in [0.717, 1.165) is 90.7 Å². The number of ether oxygens (including phenoxy) is 1. The quantitative estimate of drug-likeness (QED) is 0.372. The van der Waals surface area contributed by atoms with Gasteiger partial charge in [0.15, 0.2) is 5.96 Å². The smallest absolute Gasteiger partial charge is 0.239 e. The molecule has 0 aromatic heterocycles. The molecule has 2 rings (SSSR count). The molecule has 7 nitrogen and oxygen atoms in total. The van der Waals surface area contributed by atoms with Crippen molar-refractivity contribution in [1.82, 2.24) is 20.0 Å². The van der Waals surface area contributed by atoms with E-state index in [9.17, 15) is 4.79 Å². The Morgan fingerprint density at radius 2 is 1.70 bits per heavy atom. The molecule has 7 heteroatoms. The van der Waals surface area contributed by atoms with E-state index in [2.05, 4.69) is 34.0 Å². The third-order valence-corrected chi connectivity index (χ3v) is 5.54. The number of hydrogen-bond donors (Lipinski definition) is 1. The highest BCUT2D eigenvalue weighted by Crippen LogP contribution is 2.14. The Morgan fingerprint density at radius 3 is 2.33 bits per heavy atom. The molecule has 1 atom stereocenters. The predicted molar refractivity (Wildman–Crippen MR) is 110 cm³/mol. The second-order valence-electron chi connectivity index (χ2n) is 7.52. The average molecular weight is 382 g/mol. The summed E-state index contributed by atoms with van der Waals surface area (Å²) in [5.41, 5.74) is 0. The summed E-state index contributed by atoms with van der Waals surface area (Å²) >= 11 is 0. The molecule has 0 aromatic carbocycles. The number of nitrogens with zero attached hydrogens (tertiary/aromatic N) is 4. The molecule has 1 amide bonds. The van der Waals surface area contributed by atoms with Gasteiger partial charge in [-0.1, -0.05) is 13.3 Å². The first-order valence-electron chi connectivity index (χ1n) is 10.7. The second kappa shape index (κ2) is 12.2. The molecule has 1 unspecified atom stereocenters. The molecule has 2 saturated heterocycles. The van der Waals surface area contributed by atoms with Gasteiger partial charge in [0.05, 0.1) is 6.04 Å². The maximum absolute atomic E-state index is 12.6. The predicted octanol–water partition coefficient (Wildman–Crippen LogP) is 1.40. The van der Waals surface area contributed by atoms with Crippen molar-refractivity contribution in [2.75, 3.05) is 66.1 Å². The lowest BCUT2D eigenvalue weighted by Gasteiger charge is -2.39. The van der Waals surface area contributed by atoms with Gasteiger partial charge >= 0.3 is 0 Å². The van der Waals surface area contributed by atoms with E-state index in [1.54, 1.807) is 0 Å². The van der Waals surface area contributed by atoms with Crippen LogP contribution in [-0.2, 0) is 9.53 Å². The van der Waals surface area contributed by atoms with Crippen molar-refractivity contribution in [3.05, 3.63) is 0 Å². The van der Waals surface area contributed by atoms with Crippen LogP contribution in [0.1, 0.15) is 46.0 Å². The van der Waals surface area contributed by atoms with Crippen LogP contribution in [0.25, 0.3) is 0 Å². The minimum absolute atomic E-state index is 0.0134. The van der Waals surface area contributed by atoms with Crippen LogP contribution in [0.3, 0.4) is 0 Å². The second-order valence-corrected chi connectivity index (χ2v) is 7.52. The number of aliphatic imine (C=N–C) groups is 1. The van der Waals surface area contributed by atoms with Crippen molar-refractivity contribution in [2.45, 2.75) is 52.0 Å². The third kappa shape index (κ3) is 6.96. The van der Waals surface area contributed by atoms with Crippen molar-refractivity contribution >= 4 is 11.9 Å². The zero-order valence-electron chi connectivity index (χ0n) is 17.6. The Balaban J connectivity index is 1.66. The zero-order chi connectivity index (χ0) is 19.5. The molecule has 2 fully saturated rings. The topological polar surface area (TPSA) is 60.4 Å². The molecule has 27 heavy (non-hydrogen) atoms. The van der Waals surface area contributed by atoms with Gasteiger partial charge < -0.3 is 19.9 Å². The van der Waals surface area contributed by atoms with Crippen LogP contribution in [0.4, 0.5) is 0 Å². The first-order chi connectivity index (χ1) is 13.2. The lowest BCUT2D eigenvalue weighted by atomic mass is 10.2. The molecule has 0 bridgehead atoms. The molecule has 2 heterocycles. The summed E-state index contributed by atoms with van der Waals surface area (Å²) in [5, 5.41) is 3.44. The molecule has 156 valence electrons. The van der Waals surface area contributed by atoms with E-state index in [-0.39, 0.29) is 6.04 Å². The highest BCUT2D eigenvalue weighted by molar-refractivity contribution is 5.82. The van der Waals surface area contributed by atoms with Crippen molar-refractivity contribution < 1.29 is 9.53 Å². The number of carbonyl (C=O) groups is 1. The van der Waals surface area contributed by atoms with E-state index in [1.165, 1.54) is 6.42 Å². The van der Waals surface area contributed by atoms with E-state index in [1.807, 2.05) is 11.9 Å². The summed E-state index contributed by atoms with van der Waals surface area (Å²) < 4.78 is 5.60. The lowest BCUT2D eigenvalue weighted by molar-refractivity contribution is -0.135.